The van der Waals surface area contributed by atoms with Crippen molar-refractivity contribution < 1.29 is 0 Å². The molecule has 4 rings (SSSR count). The zero-order chi connectivity index (χ0) is 18.3. The molecule has 0 spiro atoms. The van der Waals surface area contributed by atoms with Gasteiger partial charge >= 0.3 is 0 Å². The number of aryl methyl sites for hydroxylation is 1. The molecule has 1 saturated heterocycles. The van der Waals surface area contributed by atoms with E-state index in [0.717, 1.165) is 37.7 Å². The van der Waals surface area contributed by atoms with Crippen LogP contribution in [-0.4, -0.2) is 58.5 Å². The number of halogens is 1. The van der Waals surface area contributed by atoms with Gasteiger partial charge in [0.25, 0.3) is 5.56 Å². The zero-order valence-corrected chi connectivity index (χ0v) is 15.6. The first kappa shape index (κ1) is 17.1. The predicted octanol–water partition coefficient (Wildman–Crippen LogP) is 1.78. The number of guanidine groups is 1. The predicted molar refractivity (Wildman–Crippen MR) is 103 cm³/mol. The number of likely N-dealkylation sites (N-methyl/N-ethyl adjacent to an activating group) is 1. The van der Waals surface area contributed by atoms with Crippen molar-refractivity contribution in [1.29, 1.82) is 0 Å². The minimum Gasteiger partial charge on any atom is -0.340 e. The molecule has 8 heteroatoms. The van der Waals surface area contributed by atoms with Crippen LogP contribution in [0.4, 0.5) is 5.95 Å². The Labute approximate surface area is 156 Å². The smallest absolute Gasteiger partial charge is 0.257 e. The normalized spacial score (nSPS) is 20.3. The number of aromatic nitrogens is 2. The lowest BCUT2D eigenvalue weighted by Gasteiger charge is -2.37. The molecule has 1 N–H and O–H groups in total. The Morgan fingerprint density at radius 3 is 2.54 bits per heavy atom. The maximum absolute atomic E-state index is 12.6. The molecule has 136 valence electrons. The summed E-state index contributed by atoms with van der Waals surface area (Å²) in [5.74, 6) is 1.29. The quantitative estimate of drug-likeness (QED) is 0.826. The number of fused-ring (bicyclic) bond motifs is 1. The summed E-state index contributed by atoms with van der Waals surface area (Å²) in [5.41, 5.74) is 1.46. The summed E-state index contributed by atoms with van der Waals surface area (Å²) in [6, 6.07) is 8.97. The molecule has 26 heavy (non-hydrogen) atoms. The monoisotopic (exact) mass is 372 g/mol. The summed E-state index contributed by atoms with van der Waals surface area (Å²) in [5, 5.41) is 3.91. The van der Waals surface area contributed by atoms with E-state index < -0.39 is 6.17 Å². The van der Waals surface area contributed by atoms with Gasteiger partial charge in [-0.25, -0.2) is 9.98 Å². The van der Waals surface area contributed by atoms with Crippen molar-refractivity contribution in [3.8, 4) is 0 Å². The van der Waals surface area contributed by atoms with Gasteiger partial charge in [-0.15, -0.1) is 0 Å². The first-order valence-corrected chi connectivity index (χ1v) is 9.03. The fourth-order valence-corrected chi connectivity index (χ4v) is 3.40. The van der Waals surface area contributed by atoms with Gasteiger partial charge in [-0.2, -0.15) is 0 Å². The summed E-state index contributed by atoms with van der Waals surface area (Å²) in [7, 11) is 2.11. The Morgan fingerprint density at radius 2 is 1.85 bits per heavy atom. The Balaban J connectivity index is 1.78. The molecule has 2 aromatic rings. The average Bonchev–Trinajstić information content (AvgIpc) is 2.61. The molecule has 2 aliphatic rings. The molecule has 3 heterocycles. The second kappa shape index (κ2) is 6.74. The van der Waals surface area contributed by atoms with Gasteiger partial charge in [0.15, 0.2) is 6.17 Å². The van der Waals surface area contributed by atoms with Crippen molar-refractivity contribution in [2.24, 2.45) is 4.99 Å². The third-order valence-corrected chi connectivity index (χ3v) is 5.02. The molecule has 1 aromatic carbocycles. The maximum Gasteiger partial charge on any atom is 0.257 e. The van der Waals surface area contributed by atoms with Crippen molar-refractivity contribution in [2.45, 2.75) is 13.1 Å². The van der Waals surface area contributed by atoms with Crippen LogP contribution in [0.1, 0.15) is 17.4 Å². The van der Waals surface area contributed by atoms with E-state index in [0.29, 0.717) is 16.7 Å². The van der Waals surface area contributed by atoms with Crippen LogP contribution < -0.4 is 10.9 Å². The Morgan fingerprint density at radius 1 is 1.15 bits per heavy atom. The molecule has 1 aromatic heterocycles. The van der Waals surface area contributed by atoms with Crippen molar-refractivity contribution in [3.63, 3.8) is 0 Å². The highest BCUT2D eigenvalue weighted by atomic mass is 35.5. The van der Waals surface area contributed by atoms with Gasteiger partial charge in [-0.1, -0.05) is 23.7 Å². The summed E-state index contributed by atoms with van der Waals surface area (Å²) >= 11 is 6.03. The molecule has 0 aliphatic carbocycles. The maximum atomic E-state index is 12.6. The van der Waals surface area contributed by atoms with Gasteiger partial charge in [-0.3, -0.25) is 14.7 Å². The van der Waals surface area contributed by atoms with Gasteiger partial charge < -0.3 is 9.80 Å². The number of rotatable bonds is 1. The van der Waals surface area contributed by atoms with Crippen molar-refractivity contribution in [3.05, 3.63) is 57.0 Å². The van der Waals surface area contributed by atoms with Crippen LogP contribution in [0.2, 0.25) is 5.02 Å². The van der Waals surface area contributed by atoms with Crippen LogP contribution in [0.15, 0.2) is 40.1 Å². The number of hydrogen-bond acceptors (Lipinski definition) is 6. The number of benzene rings is 1. The molecule has 0 saturated carbocycles. The molecule has 0 radical (unpaired) electrons. The van der Waals surface area contributed by atoms with Crippen LogP contribution in [0.5, 0.6) is 0 Å². The Bertz CT molecular complexity index is 899. The lowest BCUT2D eigenvalue weighted by atomic mass is 10.1. The van der Waals surface area contributed by atoms with E-state index in [-0.39, 0.29) is 5.56 Å². The van der Waals surface area contributed by atoms with E-state index in [1.165, 1.54) is 6.07 Å². The van der Waals surface area contributed by atoms with E-state index in [1.807, 2.05) is 31.2 Å². The highest BCUT2D eigenvalue weighted by molar-refractivity contribution is 6.30. The first-order chi connectivity index (χ1) is 12.5. The van der Waals surface area contributed by atoms with Gasteiger partial charge in [0.1, 0.15) is 0 Å². The Hall–Kier alpha value is -2.38. The van der Waals surface area contributed by atoms with Crippen LogP contribution in [0, 0.1) is 6.92 Å². The highest BCUT2D eigenvalue weighted by Crippen LogP contribution is 2.27. The molecule has 0 bridgehead atoms. The van der Waals surface area contributed by atoms with Crippen molar-refractivity contribution in [2.75, 3.05) is 38.5 Å². The summed E-state index contributed by atoms with van der Waals surface area (Å²) in [6.45, 7) is 5.53. The number of nitrogens with one attached hydrogen (secondary N) is 1. The molecular weight excluding hydrogens is 352 g/mol. The summed E-state index contributed by atoms with van der Waals surface area (Å²) < 4.78 is 1.59. The van der Waals surface area contributed by atoms with E-state index in [4.69, 9.17) is 16.6 Å². The lowest BCUT2D eigenvalue weighted by Crippen LogP contribution is -2.51. The molecular formula is C18H21ClN6O. The molecule has 0 amide bonds. The van der Waals surface area contributed by atoms with Gasteiger partial charge in [0, 0.05) is 43.0 Å². The summed E-state index contributed by atoms with van der Waals surface area (Å²) in [4.78, 5) is 26.5. The van der Waals surface area contributed by atoms with E-state index in [1.54, 1.807) is 4.57 Å². The van der Waals surface area contributed by atoms with E-state index >= 15 is 0 Å². The third-order valence-electron chi connectivity index (χ3n) is 4.76. The molecule has 1 fully saturated rings. The minimum absolute atomic E-state index is 0.124. The van der Waals surface area contributed by atoms with Crippen LogP contribution in [0.25, 0.3) is 0 Å². The number of piperazine rings is 1. The first-order valence-electron chi connectivity index (χ1n) is 8.65. The molecule has 7 nitrogen and oxygen atoms in total. The fourth-order valence-electron chi connectivity index (χ4n) is 3.27. The van der Waals surface area contributed by atoms with Crippen LogP contribution in [0.3, 0.4) is 0 Å². The van der Waals surface area contributed by atoms with E-state index in [9.17, 15) is 4.79 Å². The summed E-state index contributed by atoms with van der Waals surface area (Å²) in [6.07, 6.45) is -0.459. The van der Waals surface area contributed by atoms with Gasteiger partial charge in [0.05, 0.1) is 0 Å². The number of aliphatic imine (C=N–C) groups is 1. The number of nitrogens with zero attached hydrogens (tertiary/aromatic N) is 5. The lowest BCUT2D eigenvalue weighted by molar-refractivity contribution is 0.213. The Kier molecular flexibility index (Phi) is 4.42. The molecule has 2 aliphatic heterocycles. The molecule has 1 atom stereocenters. The second-order valence-electron chi connectivity index (χ2n) is 6.72. The van der Waals surface area contributed by atoms with Crippen LogP contribution in [-0.2, 0) is 0 Å². The largest absolute Gasteiger partial charge is 0.340 e. The number of anilines is 1. The van der Waals surface area contributed by atoms with Gasteiger partial charge in [-0.05, 0) is 31.7 Å². The van der Waals surface area contributed by atoms with Gasteiger partial charge in [0.2, 0.25) is 11.9 Å². The minimum atomic E-state index is -0.459. The SMILES string of the molecule is Cc1cc(=O)n2c(n1)NC(N1CCN(C)CC1)=N[C@@H]2c1ccc(Cl)cc1. The molecule has 0 unspecified atom stereocenters. The number of hydrogen-bond donors (Lipinski definition) is 1. The fraction of sp³-hybridized carbons (Fsp3) is 0.389. The third kappa shape index (κ3) is 3.20. The van der Waals surface area contributed by atoms with Crippen molar-refractivity contribution >= 4 is 23.5 Å². The second-order valence-corrected chi connectivity index (χ2v) is 7.16. The topological polar surface area (TPSA) is 65.8 Å². The average molecular weight is 373 g/mol. The van der Waals surface area contributed by atoms with Crippen LogP contribution >= 0.6 is 11.6 Å². The zero-order valence-electron chi connectivity index (χ0n) is 14.8. The standard InChI is InChI=1S/C18H21ClN6O/c1-12-11-15(26)25-16(13-3-5-14(19)6-4-13)21-17(22-18(25)20-12)24-9-7-23(2)8-10-24/h3-6,11,16H,7-10H2,1-2H3,(H,20,21,22)/t16-/m0/s1. The van der Waals surface area contributed by atoms with Crippen molar-refractivity contribution in [1.82, 2.24) is 19.4 Å². The highest BCUT2D eigenvalue weighted by Gasteiger charge is 2.28. The van der Waals surface area contributed by atoms with E-state index in [2.05, 4.69) is 27.1 Å².